The quantitative estimate of drug-likeness (QED) is 0.838. The first-order valence-corrected chi connectivity index (χ1v) is 8.72. The third-order valence-corrected chi connectivity index (χ3v) is 5.01. The zero-order valence-corrected chi connectivity index (χ0v) is 14.6. The van der Waals surface area contributed by atoms with Gasteiger partial charge < -0.3 is 15.0 Å². The molecule has 5 nitrogen and oxygen atoms in total. The Hall–Kier alpha value is -2.95. The van der Waals surface area contributed by atoms with Gasteiger partial charge in [-0.3, -0.25) is 4.79 Å². The van der Waals surface area contributed by atoms with E-state index in [1.807, 2.05) is 60.7 Å². The molecule has 0 aromatic heterocycles. The van der Waals surface area contributed by atoms with Gasteiger partial charge in [0.05, 0.1) is 11.6 Å². The molecular weight excluding hydrogens is 328 g/mol. The molecule has 3 rings (SSSR count). The number of piperidine rings is 1. The Bertz CT molecular complexity index is 766. The van der Waals surface area contributed by atoms with Crippen LogP contribution >= 0.6 is 0 Å². The number of carbonyl (C=O) groups is 2. The molecule has 134 valence electrons. The molecule has 2 aromatic carbocycles. The Morgan fingerprint density at radius 2 is 1.58 bits per heavy atom. The Labute approximate surface area is 153 Å². The summed E-state index contributed by atoms with van der Waals surface area (Å²) in [6.07, 6.45) is 1.52. The number of hydrogen-bond acceptors (Lipinski definition) is 4. The van der Waals surface area contributed by atoms with Crippen molar-refractivity contribution >= 4 is 18.1 Å². The molecule has 26 heavy (non-hydrogen) atoms. The second-order valence-electron chi connectivity index (χ2n) is 6.48. The van der Waals surface area contributed by atoms with E-state index in [4.69, 9.17) is 10.1 Å². The number of nitrogens with one attached hydrogen (secondary N) is 1. The van der Waals surface area contributed by atoms with E-state index in [2.05, 4.69) is 0 Å². The Kier molecular flexibility index (Phi) is 5.46. The first-order chi connectivity index (χ1) is 12.7. The van der Waals surface area contributed by atoms with Crippen molar-refractivity contribution in [2.75, 3.05) is 13.1 Å². The molecule has 0 radical (unpaired) electrons. The van der Waals surface area contributed by atoms with E-state index in [1.165, 1.54) is 0 Å². The van der Waals surface area contributed by atoms with Crippen LogP contribution in [0.1, 0.15) is 24.0 Å². The molecule has 2 aromatic rings. The number of hydrogen-bond donors (Lipinski definition) is 1. The predicted molar refractivity (Wildman–Crippen MR) is 99.3 cm³/mol. The van der Waals surface area contributed by atoms with E-state index in [0.717, 1.165) is 17.3 Å². The van der Waals surface area contributed by atoms with Gasteiger partial charge in [0.2, 0.25) is 0 Å². The number of ketones is 1. The molecule has 1 fully saturated rings. The first-order valence-electron chi connectivity index (χ1n) is 8.72. The van der Waals surface area contributed by atoms with Gasteiger partial charge in [-0.2, -0.15) is 0 Å². The van der Waals surface area contributed by atoms with E-state index in [9.17, 15) is 9.59 Å². The van der Waals surface area contributed by atoms with Crippen molar-refractivity contribution in [2.45, 2.75) is 24.9 Å². The van der Waals surface area contributed by atoms with Crippen LogP contribution in [0.4, 0.5) is 4.79 Å². The second kappa shape index (κ2) is 7.95. The molecule has 5 heteroatoms. The third-order valence-electron chi connectivity index (χ3n) is 5.01. The third kappa shape index (κ3) is 3.67. The molecule has 0 saturated carbocycles. The molecule has 1 heterocycles. The minimum atomic E-state index is -0.723. The van der Waals surface area contributed by atoms with Crippen molar-refractivity contribution in [1.82, 2.24) is 4.90 Å². The molecule has 1 aliphatic rings. The number of carbonyl (C=O) groups excluding carboxylic acids is 2. The number of ether oxygens (including phenoxy) is 1. The van der Waals surface area contributed by atoms with Crippen LogP contribution in [0.25, 0.3) is 0 Å². The van der Waals surface area contributed by atoms with Crippen LogP contribution in [0, 0.1) is 5.41 Å². The molecule has 0 bridgehead atoms. The number of amides is 1. The lowest BCUT2D eigenvalue weighted by Gasteiger charge is -2.39. The summed E-state index contributed by atoms with van der Waals surface area (Å²) in [5, 5.41) is 7.44. The number of Topliss-reactive ketones (excluding diaryl/α,β-unsaturated/α-hetero) is 1. The number of benzene rings is 2. The lowest BCUT2D eigenvalue weighted by Crippen LogP contribution is -2.49. The second-order valence-corrected chi connectivity index (χ2v) is 6.48. The molecule has 1 aliphatic heterocycles. The van der Waals surface area contributed by atoms with Crippen LogP contribution in [0.15, 0.2) is 60.7 Å². The van der Waals surface area contributed by atoms with Gasteiger partial charge in [0, 0.05) is 13.1 Å². The van der Waals surface area contributed by atoms with Crippen molar-refractivity contribution in [2.24, 2.45) is 0 Å². The summed E-state index contributed by atoms with van der Waals surface area (Å²) in [6.45, 7) is 1.10. The summed E-state index contributed by atoms with van der Waals surface area (Å²) >= 11 is 0. The zero-order chi connectivity index (χ0) is 18.4. The van der Waals surface area contributed by atoms with Gasteiger partial charge in [0.25, 0.3) is 0 Å². The maximum absolute atomic E-state index is 12.5. The van der Waals surface area contributed by atoms with Crippen LogP contribution in [-0.2, 0) is 21.6 Å². The summed E-state index contributed by atoms with van der Waals surface area (Å²) in [6, 6.07) is 19.1. The first kappa shape index (κ1) is 17.9. The fourth-order valence-electron chi connectivity index (χ4n) is 3.45. The molecule has 1 saturated heterocycles. The largest absolute Gasteiger partial charge is 0.445 e. The summed E-state index contributed by atoms with van der Waals surface area (Å²) < 4.78 is 5.39. The number of rotatable bonds is 5. The average molecular weight is 350 g/mol. The van der Waals surface area contributed by atoms with Gasteiger partial charge in [0.15, 0.2) is 5.78 Å². The Morgan fingerprint density at radius 1 is 1.00 bits per heavy atom. The monoisotopic (exact) mass is 350 g/mol. The van der Waals surface area contributed by atoms with Crippen molar-refractivity contribution in [1.29, 1.82) is 5.41 Å². The number of nitrogens with zero attached hydrogens (tertiary/aromatic N) is 1. The number of likely N-dealkylation sites (tertiary alicyclic amines) is 1. The summed E-state index contributed by atoms with van der Waals surface area (Å²) in [5.41, 5.74) is 1.13. The van der Waals surface area contributed by atoms with Gasteiger partial charge in [-0.25, -0.2) is 4.79 Å². The van der Waals surface area contributed by atoms with Crippen LogP contribution in [-0.4, -0.2) is 36.1 Å². The normalized spacial score (nSPS) is 15.9. The fraction of sp³-hybridized carbons (Fsp3) is 0.286. The van der Waals surface area contributed by atoms with Crippen LogP contribution < -0.4 is 0 Å². The van der Waals surface area contributed by atoms with E-state index in [0.29, 0.717) is 25.9 Å². The molecule has 0 atom stereocenters. The van der Waals surface area contributed by atoms with Gasteiger partial charge >= 0.3 is 6.09 Å². The summed E-state index contributed by atoms with van der Waals surface area (Å²) in [7, 11) is 0. The van der Waals surface area contributed by atoms with Gasteiger partial charge in [0.1, 0.15) is 6.61 Å². The maximum Gasteiger partial charge on any atom is 0.410 e. The highest BCUT2D eigenvalue weighted by molar-refractivity contribution is 6.30. The highest BCUT2D eigenvalue weighted by atomic mass is 16.6. The molecule has 0 spiro atoms. The smallest absolute Gasteiger partial charge is 0.410 e. The lowest BCUT2D eigenvalue weighted by atomic mass is 9.70. The summed E-state index contributed by atoms with van der Waals surface area (Å²) in [5.74, 6) is -0.207. The minimum absolute atomic E-state index is 0.207. The van der Waals surface area contributed by atoms with Gasteiger partial charge in [-0.05, 0) is 24.0 Å². The summed E-state index contributed by atoms with van der Waals surface area (Å²) in [4.78, 5) is 26.5. The fourth-order valence-corrected chi connectivity index (χ4v) is 3.45. The maximum atomic E-state index is 12.5. The molecule has 0 unspecified atom stereocenters. The predicted octanol–water partition coefficient (Wildman–Crippen LogP) is 3.58. The highest BCUT2D eigenvalue weighted by Crippen LogP contribution is 2.36. The topological polar surface area (TPSA) is 70.5 Å². The van der Waals surface area contributed by atoms with Crippen molar-refractivity contribution < 1.29 is 14.3 Å². The molecule has 1 N–H and O–H groups in total. The van der Waals surface area contributed by atoms with E-state index in [1.54, 1.807) is 4.90 Å². The van der Waals surface area contributed by atoms with Crippen molar-refractivity contribution in [3.63, 3.8) is 0 Å². The van der Waals surface area contributed by atoms with E-state index in [-0.39, 0.29) is 18.5 Å². The Morgan fingerprint density at radius 3 is 2.15 bits per heavy atom. The van der Waals surface area contributed by atoms with E-state index < -0.39 is 5.41 Å². The molecule has 1 amide bonds. The highest BCUT2D eigenvalue weighted by Gasteiger charge is 2.42. The van der Waals surface area contributed by atoms with Crippen molar-refractivity contribution in [3.05, 3.63) is 71.8 Å². The molecular formula is C21H22N2O3. The van der Waals surface area contributed by atoms with Crippen LogP contribution in [0.2, 0.25) is 0 Å². The minimum Gasteiger partial charge on any atom is -0.445 e. The van der Waals surface area contributed by atoms with Crippen molar-refractivity contribution in [3.8, 4) is 0 Å². The van der Waals surface area contributed by atoms with Gasteiger partial charge in [-0.15, -0.1) is 0 Å². The SMILES string of the molecule is N=CC(=O)C1(c2ccccc2)CCN(C(=O)OCc2ccccc2)CC1. The standard InChI is InChI=1S/C21H22N2O3/c22-15-19(24)21(18-9-5-2-6-10-18)11-13-23(14-12-21)20(25)26-16-17-7-3-1-4-8-17/h1-10,15,22H,11-14,16H2. The molecule has 0 aliphatic carbocycles. The lowest BCUT2D eigenvalue weighted by molar-refractivity contribution is -0.119. The van der Waals surface area contributed by atoms with Crippen LogP contribution in [0.3, 0.4) is 0 Å². The zero-order valence-electron chi connectivity index (χ0n) is 14.6. The van der Waals surface area contributed by atoms with E-state index >= 15 is 0 Å². The average Bonchev–Trinajstić information content (AvgIpc) is 2.73. The Balaban J connectivity index is 1.65. The van der Waals surface area contributed by atoms with Gasteiger partial charge in [-0.1, -0.05) is 60.7 Å². The van der Waals surface area contributed by atoms with Crippen LogP contribution in [0.5, 0.6) is 0 Å².